The highest BCUT2D eigenvalue weighted by Crippen LogP contribution is 2.22. The summed E-state index contributed by atoms with van der Waals surface area (Å²) in [5, 5.41) is 3.25. The van der Waals surface area contributed by atoms with E-state index in [9.17, 15) is 4.79 Å². The van der Waals surface area contributed by atoms with E-state index in [1.54, 1.807) is 13.2 Å². The van der Waals surface area contributed by atoms with Crippen molar-refractivity contribution in [2.45, 2.75) is 13.2 Å². The number of hydrogen-bond acceptors (Lipinski definition) is 5. The van der Waals surface area contributed by atoms with Gasteiger partial charge in [-0.1, -0.05) is 36.4 Å². The SMILES string of the molecule is COCCNCc1ccc(OCc2ccccc2)c(C(=O)OC)c1. The standard InChI is InChI=1S/C19H23NO4/c1-22-11-10-20-13-16-8-9-18(17(12-16)19(21)23-2)24-14-15-6-4-3-5-7-15/h3-9,12,20H,10-11,13-14H2,1-2H3. The highest BCUT2D eigenvalue weighted by atomic mass is 16.5. The largest absolute Gasteiger partial charge is 0.488 e. The molecule has 0 saturated carbocycles. The Balaban J connectivity index is 2.07. The number of esters is 1. The van der Waals surface area contributed by atoms with Crippen LogP contribution in [0.5, 0.6) is 5.75 Å². The molecule has 0 fully saturated rings. The van der Waals surface area contributed by atoms with Crippen molar-refractivity contribution in [1.29, 1.82) is 0 Å². The van der Waals surface area contributed by atoms with E-state index in [0.717, 1.165) is 17.7 Å². The van der Waals surface area contributed by atoms with Gasteiger partial charge in [-0.2, -0.15) is 0 Å². The Hall–Kier alpha value is -2.37. The summed E-state index contributed by atoms with van der Waals surface area (Å²) in [6, 6.07) is 15.4. The smallest absolute Gasteiger partial charge is 0.341 e. The number of benzene rings is 2. The van der Waals surface area contributed by atoms with Gasteiger partial charge in [-0.25, -0.2) is 4.79 Å². The summed E-state index contributed by atoms with van der Waals surface area (Å²) in [6.07, 6.45) is 0. The zero-order chi connectivity index (χ0) is 17.2. The molecule has 0 spiro atoms. The number of nitrogens with one attached hydrogen (secondary N) is 1. The molecule has 0 heterocycles. The van der Waals surface area contributed by atoms with Gasteiger partial charge in [-0.3, -0.25) is 0 Å². The second kappa shape index (κ2) is 9.70. The maximum Gasteiger partial charge on any atom is 0.341 e. The lowest BCUT2D eigenvalue weighted by molar-refractivity contribution is 0.0595. The van der Waals surface area contributed by atoms with Crippen molar-refractivity contribution < 1.29 is 19.0 Å². The maximum atomic E-state index is 12.0. The molecule has 0 radical (unpaired) electrons. The van der Waals surface area contributed by atoms with Gasteiger partial charge < -0.3 is 19.5 Å². The number of carbonyl (C=O) groups excluding carboxylic acids is 1. The molecule has 0 unspecified atom stereocenters. The first-order valence-corrected chi connectivity index (χ1v) is 7.82. The minimum atomic E-state index is -0.406. The molecular weight excluding hydrogens is 306 g/mol. The predicted molar refractivity (Wildman–Crippen MR) is 92.1 cm³/mol. The van der Waals surface area contributed by atoms with Gasteiger partial charge in [0.25, 0.3) is 0 Å². The quantitative estimate of drug-likeness (QED) is 0.566. The number of rotatable bonds is 9. The monoisotopic (exact) mass is 329 g/mol. The maximum absolute atomic E-state index is 12.0. The van der Waals surface area contributed by atoms with Crippen molar-refractivity contribution in [2.24, 2.45) is 0 Å². The van der Waals surface area contributed by atoms with Crippen LogP contribution in [0, 0.1) is 0 Å². The van der Waals surface area contributed by atoms with Crippen molar-refractivity contribution in [1.82, 2.24) is 5.32 Å². The molecule has 5 heteroatoms. The van der Waals surface area contributed by atoms with E-state index < -0.39 is 5.97 Å². The van der Waals surface area contributed by atoms with E-state index in [0.29, 0.717) is 31.1 Å². The molecule has 2 aromatic carbocycles. The molecule has 0 aliphatic heterocycles. The summed E-state index contributed by atoms with van der Waals surface area (Å²) in [5.74, 6) is 0.114. The van der Waals surface area contributed by atoms with Gasteiger partial charge >= 0.3 is 5.97 Å². The average molecular weight is 329 g/mol. The second-order valence-electron chi connectivity index (χ2n) is 5.27. The van der Waals surface area contributed by atoms with Gasteiger partial charge in [-0.05, 0) is 23.3 Å². The molecule has 0 aliphatic rings. The fourth-order valence-electron chi connectivity index (χ4n) is 2.22. The fraction of sp³-hybridized carbons (Fsp3) is 0.316. The Morgan fingerprint density at radius 1 is 1.04 bits per heavy atom. The zero-order valence-electron chi connectivity index (χ0n) is 14.1. The topological polar surface area (TPSA) is 56.8 Å². The predicted octanol–water partition coefficient (Wildman–Crippen LogP) is 2.79. The van der Waals surface area contributed by atoms with E-state index in [2.05, 4.69) is 5.32 Å². The Morgan fingerprint density at radius 2 is 1.83 bits per heavy atom. The zero-order valence-corrected chi connectivity index (χ0v) is 14.1. The normalized spacial score (nSPS) is 10.4. The molecule has 24 heavy (non-hydrogen) atoms. The summed E-state index contributed by atoms with van der Waals surface area (Å²) in [7, 11) is 3.03. The van der Waals surface area contributed by atoms with Crippen LogP contribution >= 0.6 is 0 Å². The third kappa shape index (κ3) is 5.37. The molecule has 0 aromatic heterocycles. The summed E-state index contributed by atoms with van der Waals surface area (Å²) in [6.45, 7) is 2.43. The molecule has 2 aromatic rings. The van der Waals surface area contributed by atoms with Crippen LogP contribution in [0.1, 0.15) is 21.5 Å². The molecule has 1 N–H and O–H groups in total. The Labute approximate surface area is 142 Å². The minimum Gasteiger partial charge on any atom is -0.488 e. The average Bonchev–Trinajstić information content (AvgIpc) is 2.64. The first-order valence-electron chi connectivity index (χ1n) is 7.82. The van der Waals surface area contributed by atoms with Crippen LogP contribution < -0.4 is 10.1 Å². The third-order valence-electron chi connectivity index (χ3n) is 3.50. The van der Waals surface area contributed by atoms with Crippen LogP contribution in [0.15, 0.2) is 48.5 Å². The summed E-state index contributed by atoms with van der Waals surface area (Å²) < 4.78 is 15.7. The van der Waals surface area contributed by atoms with Gasteiger partial charge in [0.1, 0.15) is 17.9 Å². The van der Waals surface area contributed by atoms with Crippen LogP contribution in [0.3, 0.4) is 0 Å². The summed E-state index contributed by atoms with van der Waals surface area (Å²) >= 11 is 0. The van der Waals surface area contributed by atoms with Crippen LogP contribution in [0.25, 0.3) is 0 Å². The Bertz CT molecular complexity index is 643. The van der Waals surface area contributed by atoms with Crippen molar-refractivity contribution in [3.63, 3.8) is 0 Å². The molecule has 0 saturated heterocycles. The van der Waals surface area contributed by atoms with Gasteiger partial charge in [0.2, 0.25) is 0 Å². The van der Waals surface area contributed by atoms with Crippen LogP contribution in [0.4, 0.5) is 0 Å². The van der Waals surface area contributed by atoms with Crippen molar-refractivity contribution in [3.05, 3.63) is 65.2 Å². The molecule has 2 rings (SSSR count). The van der Waals surface area contributed by atoms with Gasteiger partial charge in [0, 0.05) is 20.2 Å². The minimum absolute atomic E-state index is 0.399. The van der Waals surface area contributed by atoms with Crippen LogP contribution in [0.2, 0.25) is 0 Å². The number of methoxy groups -OCH3 is 2. The van der Waals surface area contributed by atoms with E-state index in [1.165, 1.54) is 7.11 Å². The Morgan fingerprint density at radius 3 is 2.54 bits per heavy atom. The highest BCUT2D eigenvalue weighted by molar-refractivity contribution is 5.92. The Kier molecular flexibility index (Phi) is 7.26. The second-order valence-corrected chi connectivity index (χ2v) is 5.27. The molecule has 0 atom stereocenters. The van der Waals surface area contributed by atoms with Gasteiger partial charge in [0.15, 0.2) is 0 Å². The van der Waals surface area contributed by atoms with E-state index in [4.69, 9.17) is 14.2 Å². The lowest BCUT2D eigenvalue weighted by Crippen LogP contribution is -2.19. The lowest BCUT2D eigenvalue weighted by atomic mass is 10.1. The van der Waals surface area contributed by atoms with E-state index >= 15 is 0 Å². The summed E-state index contributed by atoms with van der Waals surface area (Å²) in [4.78, 5) is 12.0. The van der Waals surface area contributed by atoms with E-state index in [-0.39, 0.29) is 0 Å². The van der Waals surface area contributed by atoms with Gasteiger partial charge in [0.05, 0.1) is 13.7 Å². The summed E-state index contributed by atoms with van der Waals surface area (Å²) in [5.41, 5.74) is 2.46. The lowest BCUT2D eigenvalue weighted by Gasteiger charge is -2.12. The molecule has 5 nitrogen and oxygen atoms in total. The third-order valence-corrected chi connectivity index (χ3v) is 3.50. The van der Waals surface area contributed by atoms with Crippen LogP contribution in [-0.2, 0) is 22.6 Å². The first-order chi connectivity index (χ1) is 11.7. The van der Waals surface area contributed by atoms with Crippen molar-refractivity contribution >= 4 is 5.97 Å². The molecule has 128 valence electrons. The highest BCUT2D eigenvalue weighted by Gasteiger charge is 2.14. The molecule has 0 amide bonds. The molecule has 0 aliphatic carbocycles. The van der Waals surface area contributed by atoms with Crippen molar-refractivity contribution in [3.8, 4) is 5.75 Å². The first kappa shape index (κ1) is 18.0. The van der Waals surface area contributed by atoms with Gasteiger partial charge in [-0.15, -0.1) is 0 Å². The fourth-order valence-corrected chi connectivity index (χ4v) is 2.22. The van der Waals surface area contributed by atoms with Crippen molar-refractivity contribution in [2.75, 3.05) is 27.4 Å². The number of carbonyl (C=O) groups is 1. The number of hydrogen-bond donors (Lipinski definition) is 1. The van der Waals surface area contributed by atoms with Crippen LogP contribution in [-0.4, -0.2) is 33.3 Å². The molecule has 0 bridgehead atoms. The van der Waals surface area contributed by atoms with E-state index in [1.807, 2.05) is 42.5 Å². The molecular formula is C19H23NO4. The number of ether oxygens (including phenoxy) is 3.